The number of hydrogen-bond acceptors (Lipinski definition) is 6. The Bertz CT molecular complexity index is 1190. The van der Waals surface area contributed by atoms with Crippen LogP contribution in [0.3, 0.4) is 0 Å². The molecule has 1 aliphatic rings. The Hall–Kier alpha value is -2.97. The van der Waals surface area contributed by atoms with Crippen LogP contribution >= 0.6 is 11.6 Å². The number of amides is 1. The SMILES string of the molecule is CCn1cc(S(=O)(=O)N2c3cc(NC(=O)O)ccc3O[C@@H](CC(C)(C)C#N)[C@@H]2C)c(Cl)n1. The highest BCUT2D eigenvalue weighted by molar-refractivity contribution is 7.93. The molecular weight excluding hydrogens is 458 g/mol. The number of aromatic nitrogens is 2. The third-order valence-electron chi connectivity index (χ3n) is 5.19. The van der Waals surface area contributed by atoms with Crippen LogP contribution in [-0.4, -0.2) is 41.5 Å². The highest BCUT2D eigenvalue weighted by Gasteiger charge is 2.43. The summed E-state index contributed by atoms with van der Waals surface area (Å²) in [5, 5.41) is 24.6. The van der Waals surface area contributed by atoms with Gasteiger partial charge in [0.25, 0.3) is 10.0 Å². The number of aryl methyl sites for hydroxylation is 1. The van der Waals surface area contributed by atoms with Crippen molar-refractivity contribution in [1.82, 2.24) is 9.78 Å². The van der Waals surface area contributed by atoms with Gasteiger partial charge in [-0.1, -0.05) is 11.6 Å². The summed E-state index contributed by atoms with van der Waals surface area (Å²) in [5.74, 6) is 0.250. The first-order valence-electron chi connectivity index (χ1n) is 9.89. The number of nitrogens with zero attached hydrogens (tertiary/aromatic N) is 4. The van der Waals surface area contributed by atoms with E-state index < -0.39 is 33.7 Å². The first-order valence-corrected chi connectivity index (χ1v) is 11.7. The average Bonchev–Trinajstić information content (AvgIpc) is 3.10. The maximum atomic E-state index is 13.8. The summed E-state index contributed by atoms with van der Waals surface area (Å²) in [5.41, 5.74) is -0.421. The molecule has 0 bridgehead atoms. The Kier molecular flexibility index (Phi) is 6.31. The zero-order valence-electron chi connectivity index (χ0n) is 18.0. The Labute approximate surface area is 191 Å². The van der Waals surface area contributed by atoms with Crippen molar-refractivity contribution in [2.75, 3.05) is 9.62 Å². The number of carbonyl (C=O) groups is 1. The van der Waals surface area contributed by atoms with E-state index in [1.807, 2.05) is 0 Å². The van der Waals surface area contributed by atoms with Crippen molar-refractivity contribution in [3.63, 3.8) is 0 Å². The van der Waals surface area contributed by atoms with Crippen molar-refractivity contribution in [3.8, 4) is 11.8 Å². The predicted octanol–water partition coefficient (Wildman–Crippen LogP) is 3.93. The van der Waals surface area contributed by atoms with Crippen LogP contribution in [0.2, 0.25) is 5.15 Å². The van der Waals surface area contributed by atoms with E-state index in [-0.39, 0.29) is 33.6 Å². The van der Waals surface area contributed by atoms with Gasteiger partial charge in [0.1, 0.15) is 16.7 Å². The fourth-order valence-corrected chi connectivity index (χ4v) is 5.69. The second kappa shape index (κ2) is 8.52. The number of rotatable bonds is 6. The van der Waals surface area contributed by atoms with E-state index in [2.05, 4.69) is 16.5 Å². The van der Waals surface area contributed by atoms with E-state index in [1.54, 1.807) is 27.7 Å². The molecule has 1 aromatic carbocycles. The molecule has 12 heteroatoms. The molecule has 1 aliphatic heterocycles. The third kappa shape index (κ3) is 4.47. The monoisotopic (exact) mass is 481 g/mol. The highest BCUT2D eigenvalue weighted by atomic mass is 35.5. The van der Waals surface area contributed by atoms with Crippen LogP contribution in [0.1, 0.15) is 34.1 Å². The first-order chi connectivity index (χ1) is 14.9. The van der Waals surface area contributed by atoms with Crippen LogP contribution in [0.5, 0.6) is 5.75 Å². The minimum atomic E-state index is -4.21. The molecule has 0 aliphatic carbocycles. The topological polar surface area (TPSA) is 138 Å². The van der Waals surface area contributed by atoms with Crippen molar-refractivity contribution >= 4 is 39.1 Å². The van der Waals surface area contributed by atoms with Crippen molar-refractivity contribution < 1.29 is 23.1 Å². The van der Waals surface area contributed by atoms with E-state index in [9.17, 15) is 18.5 Å². The predicted molar refractivity (Wildman–Crippen MR) is 119 cm³/mol. The molecule has 1 amide bonds. The molecule has 10 nitrogen and oxygen atoms in total. The zero-order valence-corrected chi connectivity index (χ0v) is 19.6. The molecule has 2 N–H and O–H groups in total. The molecule has 2 atom stereocenters. The molecule has 0 saturated carbocycles. The number of hydrogen-bond donors (Lipinski definition) is 2. The summed E-state index contributed by atoms with van der Waals surface area (Å²) in [6.45, 7) is 7.40. The maximum Gasteiger partial charge on any atom is 0.409 e. The molecule has 0 saturated heterocycles. The highest BCUT2D eigenvalue weighted by Crippen LogP contribution is 2.44. The first kappa shape index (κ1) is 23.7. The Balaban J connectivity index is 2.17. The van der Waals surface area contributed by atoms with Gasteiger partial charge in [0.15, 0.2) is 5.15 Å². The van der Waals surface area contributed by atoms with Gasteiger partial charge in [-0.3, -0.25) is 14.3 Å². The van der Waals surface area contributed by atoms with Gasteiger partial charge >= 0.3 is 6.09 Å². The maximum absolute atomic E-state index is 13.8. The van der Waals surface area contributed by atoms with Crippen molar-refractivity contribution in [3.05, 3.63) is 29.5 Å². The van der Waals surface area contributed by atoms with E-state index in [0.717, 1.165) is 0 Å². The Morgan fingerprint density at radius 2 is 2.12 bits per heavy atom. The van der Waals surface area contributed by atoms with Gasteiger partial charge < -0.3 is 9.84 Å². The number of ether oxygens (including phenoxy) is 1. The van der Waals surface area contributed by atoms with Crippen LogP contribution in [0.15, 0.2) is 29.3 Å². The Morgan fingerprint density at radius 1 is 1.44 bits per heavy atom. The van der Waals surface area contributed by atoms with Gasteiger partial charge in [0.05, 0.1) is 23.2 Å². The van der Waals surface area contributed by atoms with Crippen molar-refractivity contribution in [2.24, 2.45) is 5.41 Å². The molecule has 0 radical (unpaired) electrons. The lowest BCUT2D eigenvalue weighted by Gasteiger charge is -2.42. The van der Waals surface area contributed by atoms with Gasteiger partial charge in [0, 0.05) is 24.8 Å². The minimum absolute atomic E-state index is 0.162. The van der Waals surface area contributed by atoms with Crippen LogP contribution in [-0.2, 0) is 16.6 Å². The standard InChI is InChI=1S/C20H24ClN5O5S/c1-5-25-10-17(18(21)24-25)32(29,30)26-12(2)16(9-20(3,4)11-22)31-15-7-6-13(8-14(15)26)23-19(27)28/h6-8,10,12,16,23H,5,9H2,1-4H3,(H,27,28)/t12-,16-/m0/s1. The minimum Gasteiger partial charge on any atom is -0.486 e. The number of nitriles is 1. The van der Waals surface area contributed by atoms with E-state index >= 15 is 0 Å². The summed E-state index contributed by atoms with van der Waals surface area (Å²) in [6.07, 6.45) is -0.296. The molecule has 172 valence electrons. The fraction of sp³-hybridized carbons (Fsp3) is 0.450. The molecular formula is C20H24ClN5O5S. The number of anilines is 2. The number of benzene rings is 1. The average molecular weight is 482 g/mol. The van der Waals surface area contributed by atoms with Crippen LogP contribution < -0.4 is 14.4 Å². The van der Waals surface area contributed by atoms with E-state index in [4.69, 9.17) is 21.4 Å². The summed E-state index contributed by atoms with van der Waals surface area (Å²) in [7, 11) is -4.21. The second-order valence-electron chi connectivity index (χ2n) is 8.15. The Morgan fingerprint density at radius 3 is 2.69 bits per heavy atom. The number of nitrogens with one attached hydrogen (secondary N) is 1. The second-order valence-corrected chi connectivity index (χ2v) is 10.3. The number of fused-ring (bicyclic) bond motifs is 1. The van der Waals surface area contributed by atoms with E-state index in [0.29, 0.717) is 6.54 Å². The molecule has 1 aromatic heterocycles. The number of carboxylic acid groups (broad SMARTS) is 1. The van der Waals surface area contributed by atoms with Crippen molar-refractivity contribution in [2.45, 2.75) is 57.7 Å². The zero-order chi connectivity index (χ0) is 23.8. The molecule has 2 aromatic rings. The van der Waals surface area contributed by atoms with Gasteiger partial charge in [-0.25, -0.2) is 13.2 Å². The van der Waals surface area contributed by atoms with Crippen molar-refractivity contribution in [1.29, 1.82) is 5.26 Å². The van der Waals surface area contributed by atoms with Gasteiger partial charge in [-0.15, -0.1) is 0 Å². The lowest BCUT2D eigenvalue weighted by molar-refractivity contribution is 0.127. The summed E-state index contributed by atoms with van der Waals surface area (Å²) < 4.78 is 36.2. The summed E-state index contributed by atoms with van der Waals surface area (Å²) >= 11 is 6.17. The molecule has 0 unspecified atom stereocenters. The van der Waals surface area contributed by atoms with Gasteiger partial charge in [0.2, 0.25) is 0 Å². The van der Waals surface area contributed by atoms with Gasteiger partial charge in [-0.05, 0) is 45.9 Å². The van der Waals surface area contributed by atoms with Crippen LogP contribution in [0.25, 0.3) is 0 Å². The molecule has 0 fully saturated rings. The quantitative estimate of drug-likeness (QED) is 0.637. The van der Waals surface area contributed by atoms with Crippen LogP contribution in [0, 0.1) is 16.7 Å². The molecule has 0 spiro atoms. The van der Waals surface area contributed by atoms with E-state index in [1.165, 1.54) is 33.4 Å². The largest absolute Gasteiger partial charge is 0.486 e. The normalized spacial score (nSPS) is 18.4. The molecule has 32 heavy (non-hydrogen) atoms. The lowest BCUT2D eigenvalue weighted by Crippen LogP contribution is -2.51. The van der Waals surface area contributed by atoms with Crippen LogP contribution in [0.4, 0.5) is 16.2 Å². The summed E-state index contributed by atoms with van der Waals surface area (Å²) in [4.78, 5) is 10.9. The third-order valence-corrected chi connectivity index (χ3v) is 7.49. The fourth-order valence-electron chi connectivity index (χ4n) is 3.55. The molecule has 3 rings (SSSR count). The molecule has 2 heterocycles. The smallest absolute Gasteiger partial charge is 0.409 e. The number of sulfonamides is 1. The lowest BCUT2D eigenvalue weighted by atomic mass is 9.86. The summed E-state index contributed by atoms with van der Waals surface area (Å²) in [6, 6.07) is 5.85. The van der Waals surface area contributed by atoms with Gasteiger partial charge in [-0.2, -0.15) is 10.4 Å². The number of halogens is 1.